The zero-order chi connectivity index (χ0) is 12.3. The van der Waals surface area contributed by atoms with E-state index in [2.05, 4.69) is 15.4 Å². The summed E-state index contributed by atoms with van der Waals surface area (Å²) in [7, 11) is 1.60. The van der Waals surface area contributed by atoms with Crippen molar-refractivity contribution in [3.05, 3.63) is 47.0 Å². The van der Waals surface area contributed by atoms with Crippen LogP contribution in [0.1, 0.15) is 17.4 Å². The van der Waals surface area contributed by atoms with Gasteiger partial charge in [-0.3, -0.25) is 5.84 Å². The minimum Gasteiger partial charge on any atom is -0.496 e. The van der Waals surface area contributed by atoms with E-state index in [0.29, 0.717) is 16.6 Å². The average Bonchev–Trinajstić information content (AvgIpc) is 2.84. The third kappa shape index (κ3) is 2.41. The van der Waals surface area contributed by atoms with Crippen molar-refractivity contribution in [2.24, 2.45) is 5.84 Å². The van der Waals surface area contributed by atoms with Gasteiger partial charge in [-0.1, -0.05) is 11.6 Å². The smallest absolute Gasteiger partial charge is 0.129 e. The molecule has 90 valence electrons. The molecule has 0 radical (unpaired) electrons. The number of nitrogens with zero attached hydrogens (tertiary/aromatic N) is 1. The van der Waals surface area contributed by atoms with Gasteiger partial charge in [0, 0.05) is 23.0 Å². The Kier molecular flexibility index (Phi) is 3.63. The Bertz CT molecular complexity index is 486. The second kappa shape index (κ2) is 5.18. The van der Waals surface area contributed by atoms with E-state index in [1.165, 1.54) is 0 Å². The average molecular weight is 253 g/mol. The number of benzene rings is 1. The maximum Gasteiger partial charge on any atom is 0.129 e. The molecule has 6 heteroatoms. The minimum atomic E-state index is -0.293. The van der Waals surface area contributed by atoms with Crippen molar-refractivity contribution in [1.29, 1.82) is 0 Å². The first-order valence-electron chi connectivity index (χ1n) is 5.05. The highest BCUT2D eigenvalue weighted by Crippen LogP contribution is 2.30. The summed E-state index contributed by atoms with van der Waals surface area (Å²) in [6.07, 6.45) is 3.40. The molecule has 0 bridgehead atoms. The summed E-state index contributed by atoms with van der Waals surface area (Å²) in [4.78, 5) is 7.18. The highest BCUT2D eigenvalue weighted by atomic mass is 35.5. The standard InChI is InChI=1S/C11H13ClN4O/c1-17-9-3-2-7(12)6-8(9)10(16-13)11-14-4-5-15-11/h2-6,10,16H,13H2,1H3,(H,14,15). The number of rotatable bonds is 4. The Morgan fingerprint density at radius 3 is 2.94 bits per heavy atom. The zero-order valence-corrected chi connectivity index (χ0v) is 10.0. The second-order valence-electron chi connectivity index (χ2n) is 3.46. The first-order chi connectivity index (χ1) is 8.26. The molecule has 0 fully saturated rings. The first kappa shape index (κ1) is 11.9. The largest absolute Gasteiger partial charge is 0.496 e. The van der Waals surface area contributed by atoms with Crippen molar-refractivity contribution < 1.29 is 4.74 Å². The predicted octanol–water partition coefficient (Wildman–Crippen LogP) is 1.62. The Hall–Kier alpha value is -1.56. The number of imidazole rings is 1. The molecule has 0 aliphatic rings. The van der Waals surface area contributed by atoms with E-state index in [1.54, 1.807) is 37.7 Å². The van der Waals surface area contributed by atoms with Gasteiger partial charge in [-0.15, -0.1) is 0 Å². The zero-order valence-electron chi connectivity index (χ0n) is 9.27. The van der Waals surface area contributed by atoms with Gasteiger partial charge >= 0.3 is 0 Å². The third-order valence-corrected chi connectivity index (χ3v) is 2.70. The SMILES string of the molecule is COc1ccc(Cl)cc1C(NN)c1ncc[nH]1. The van der Waals surface area contributed by atoms with Crippen LogP contribution in [0, 0.1) is 0 Å². The van der Waals surface area contributed by atoms with Crippen LogP contribution in [0.15, 0.2) is 30.6 Å². The number of aromatic nitrogens is 2. The van der Waals surface area contributed by atoms with Gasteiger partial charge in [0.2, 0.25) is 0 Å². The normalized spacial score (nSPS) is 12.4. The van der Waals surface area contributed by atoms with Crippen LogP contribution in [0.25, 0.3) is 0 Å². The summed E-state index contributed by atoms with van der Waals surface area (Å²) in [5.74, 6) is 6.97. The number of nitrogens with one attached hydrogen (secondary N) is 2. The number of hydrogen-bond acceptors (Lipinski definition) is 4. The van der Waals surface area contributed by atoms with E-state index >= 15 is 0 Å². The fourth-order valence-electron chi connectivity index (χ4n) is 1.68. The quantitative estimate of drug-likeness (QED) is 0.571. The van der Waals surface area contributed by atoms with E-state index in [4.69, 9.17) is 22.2 Å². The van der Waals surface area contributed by atoms with Crippen LogP contribution in [-0.2, 0) is 0 Å². The summed E-state index contributed by atoms with van der Waals surface area (Å²) < 4.78 is 5.29. The molecule has 0 amide bonds. The monoisotopic (exact) mass is 252 g/mol. The Labute approximate surface area is 104 Å². The molecule has 0 saturated carbocycles. The second-order valence-corrected chi connectivity index (χ2v) is 3.90. The van der Waals surface area contributed by atoms with Crippen molar-refractivity contribution >= 4 is 11.6 Å². The number of methoxy groups -OCH3 is 1. The maximum atomic E-state index is 5.98. The first-order valence-corrected chi connectivity index (χ1v) is 5.43. The number of ether oxygens (including phenoxy) is 1. The van der Waals surface area contributed by atoms with Gasteiger partial charge in [-0.25, -0.2) is 10.4 Å². The van der Waals surface area contributed by atoms with Crippen LogP contribution in [0.3, 0.4) is 0 Å². The summed E-state index contributed by atoms with van der Waals surface area (Å²) in [6.45, 7) is 0. The molecule has 1 atom stereocenters. The number of hydrogen-bond donors (Lipinski definition) is 3. The summed E-state index contributed by atoms with van der Waals surface area (Å²) in [6, 6.07) is 5.07. The highest BCUT2D eigenvalue weighted by Gasteiger charge is 2.19. The van der Waals surface area contributed by atoms with Crippen molar-refractivity contribution in [2.45, 2.75) is 6.04 Å². The van der Waals surface area contributed by atoms with Crippen molar-refractivity contribution in [1.82, 2.24) is 15.4 Å². The van der Waals surface area contributed by atoms with Crippen molar-refractivity contribution in [3.63, 3.8) is 0 Å². The number of hydrazine groups is 1. The van der Waals surface area contributed by atoms with Crippen LogP contribution >= 0.6 is 11.6 Å². The number of halogens is 1. The van der Waals surface area contributed by atoms with Crippen LogP contribution < -0.4 is 16.0 Å². The molecule has 2 rings (SSSR count). The van der Waals surface area contributed by atoms with E-state index in [-0.39, 0.29) is 6.04 Å². The lowest BCUT2D eigenvalue weighted by molar-refractivity contribution is 0.403. The fraction of sp³-hybridized carbons (Fsp3) is 0.182. The van der Waals surface area contributed by atoms with Gasteiger partial charge in [-0.2, -0.15) is 0 Å². The summed E-state index contributed by atoms with van der Waals surface area (Å²) >= 11 is 5.98. The summed E-state index contributed by atoms with van der Waals surface area (Å²) in [5, 5.41) is 0.618. The number of aromatic amines is 1. The molecule has 4 N–H and O–H groups in total. The van der Waals surface area contributed by atoms with Gasteiger partial charge < -0.3 is 9.72 Å². The Morgan fingerprint density at radius 1 is 1.53 bits per heavy atom. The molecule has 0 aliphatic heterocycles. The number of nitrogens with two attached hydrogens (primary N) is 1. The summed E-state index contributed by atoms with van der Waals surface area (Å²) in [5.41, 5.74) is 3.52. The van der Waals surface area contributed by atoms with Gasteiger partial charge in [0.1, 0.15) is 17.6 Å². The lowest BCUT2D eigenvalue weighted by Crippen LogP contribution is -2.30. The molecular formula is C11H13ClN4O. The minimum absolute atomic E-state index is 0.293. The Balaban J connectivity index is 2.46. The molecule has 0 saturated heterocycles. The molecule has 1 aromatic heterocycles. The molecule has 2 aromatic rings. The Morgan fingerprint density at radius 2 is 2.35 bits per heavy atom. The lowest BCUT2D eigenvalue weighted by atomic mass is 10.1. The van der Waals surface area contributed by atoms with Crippen LogP contribution in [0.5, 0.6) is 5.75 Å². The third-order valence-electron chi connectivity index (χ3n) is 2.46. The molecular weight excluding hydrogens is 240 g/mol. The van der Waals surface area contributed by atoms with Crippen LogP contribution in [0.2, 0.25) is 5.02 Å². The fourth-order valence-corrected chi connectivity index (χ4v) is 1.86. The molecule has 1 unspecified atom stereocenters. The highest BCUT2D eigenvalue weighted by molar-refractivity contribution is 6.30. The number of H-pyrrole nitrogens is 1. The van der Waals surface area contributed by atoms with Gasteiger partial charge in [0.15, 0.2) is 0 Å². The molecule has 1 aromatic carbocycles. The molecule has 0 aliphatic carbocycles. The predicted molar refractivity (Wildman–Crippen MR) is 65.8 cm³/mol. The molecule has 1 heterocycles. The van der Waals surface area contributed by atoms with Gasteiger partial charge in [0.05, 0.1) is 7.11 Å². The van der Waals surface area contributed by atoms with E-state index in [9.17, 15) is 0 Å². The van der Waals surface area contributed by atoms with E-state index in [0.717, 1.165) is 5.56 Å². The van der Waals surface area contributed by atoms with Gasteiger partial charge in [-0.05, 0) is 18.2 Å². The molecule has 5 nitrogen and oxygen atoms in total. The maximum absolute atomic E-state index is 5.98. The van der Waals surface area contributed by atoms with Crippen LogP contribution in [-0.4, -0.2) is 17.1 Å². The van der Waals surface area contributed by atoms with Crippen molar-refractivity contribution in [3.8, 4) is 5.75 Å². The van der Waals surface area contributed by atoms with Crippen molar-refractivity contribution in [2.75, 3.05) is 7.11 Å². The van der Waals surface area contributed by atoms with Gasteiger partial charge in [0.25, 0.3) is 0 Å². The molecule has 17 heavy (non-hydrogen) atoms. The van der Waals surface area contributed by atoms with E-state index < -0.39 is 0 Å². The topological polar surface area (TPSA) is 76.0 Å². The lowest BCUT2D eigenvalue weighted by Gasteiger charge is -2.17. The van der Waals surface area contributed by atoms with Crippen LogP contribution in [0.4, 0.5) is 0 Å². The van der Waals surface area contributed by atoms with E-state index in [1.807, 2.05) is 0 Å². The molecule has 0 spiro atoms.